The van der Waals surface area contributed by atoms with Gasteiger partial charge in [-0.15, -0.1) is 0 Å². The Labute approximate surface area is 105 Å². The van der Waals surface area contributed by atoms with Gasteiger partial charge >= 0.3 is 0 Å². The number of nitrogens with zero attached hydrogens (tertiary/aromatic N) is 1. The molecular formula is C14H26N2O. The van der Waals surface area contributed by atoms with Crippen molar-refractivity contribution in [3.63, 3.8) is 0 Å². The number of hydrogen-bond donors (Lipinski definition) is 1. The van der Waals surface area contributed by atoms with Crippen molar-refractivity contribution in [3.05, 3.63) is 0 Å². The van der Waals surface area contributed by atoms with Crippen LogP contribution in [0.25, 0.3) is 0 Å². The average molecular weight is 238 g/mol. The molecule has 17 heavy (non-hydrogen) atoms. The van der Waals surface area contributed by atoms with Crippen LogP contribution in [0.5, 0.6) is 0 Å². The molecule has 2 aliphatic heterocycles. The van der Waals surface area contributed by atoms with Crippen molar-refractivity contribution < 1.29 is 4.74 Å². The van der Waals surface area contributed by atoms with Gasteiger partial charge in [0.15, 0.2) is 0 Å². The van der Waals surface area contributed by atoms with Gasteiger partial charge in [0.1, 0.15) is 0 Å². The first-order valence-electron chi connectivity index (χ1n) is 7.22. The molecule has 1 N–H and O–H groups in total. The fourth-order valence-electron chi connectivity index (χ4n) is 2.94. The Bertz CT molecular complexity index is 271. The Morgan fingerprint density at radius 3 is 2.82 bits per heavy atom. The zero-order valence-corrected chi connectivity index (χ0v) is 11.3. The minimum atomic E-state index is 0.116. The lowest BCUT2D eigenvalue weighted by molar-refractivity contribution is -0.0910. The zero-order chi connectivity index (χ0) is 12.1. The predicted octanol–water partition coefficient (Wildman–Crippen LogP) is 2.90. The monoisotopic (exact) mass is 238 g/mol. The summed E-state index contributed by atoms with van der Waals surface area (Å²) in [6, 6.07) is 0.570. The van der Waals surface area contributed by atoms with Crippen LogP contribution in [-0.2, 0) is 4.74 Å². The highest BCUT2D eigenvalue weighted by Gasteiger charge is 2.34. The van der Waals surface area contributed by atoms with Crippen molar-refractivity contribution >= 4 is 5.84 Å². The largest absolute Gasteiger partial charge is 0.375 e. The molecule has 98 valence electrons. The normalized spacial score (nSPS) is 28.6. The fraction of sp³-hybridized carbons (Fsp3) is 0.929. The van der Waals surface area contributed by atoms with Crippen LogP contribution in [0.2, 0.25) is 0 Å². The van der Waals surface area contributed by atoms with Gasteiger partial charge in [-0.25, -0.2) is 0 Å². The maximum atomic E-state index is 6.00. The van der Waals surface area contributed by atoms with Crippen LogP contribution in [0.1, 0.15) is 58.8 Å². The molecule has 0 spiro atoms. The van der Waals surface area contributed by atoms with Gasteiger partial charge in [0.25, 0.3) is 0 Å². The van der Waals surface area contributed by atoms with Crippen LogP contribution in [0.3, 0.4) is 0 Å². The summed E-state index contributed by atoms with van der Waals surface area (Å²) >= 11 is 0. The molecular weight excluding hydrogens is 212 g/mol. The van der Waals surface area contributed by atoms with Gasteiger partial charge in [0, 0.05) is 25.6 Å². The van der Waals surface area contributed by atoms with Gasteiger partial charge in [-0.1, -0.05) is 13.8 Å². The van der Waals surface area contributed by atoms with Crippen LogP contribution in [0.15, 0.2) is 4.99 Å². The summed E-state index contributed by atoms with van der Waals surface area (Å²) in [5.74, 6) is 1.24. The summed E-state index contributed by atoms with van der Waals surface area (Å²) in [6.07, 6.45) is 8.19. The minimum absolute atomic E-state index is 0.116. The molecule has 3 nitrogen and oxygen atoms in total. The lowest BCUT2D eigenvalue weighted by atomic mass is 9.86. The van der Waals surface area contributed by atoms with Crippen molar-refractivity contribution in [2.45, 2.75) is 70.4 Å². The van der Waals surface area contributed by atoms with Crippen LogP contribution in [0, 0.1) is 0 Å². The van der Waals surface area contributed by atoms with Gasteiger partial charge in [-0.3, -0.25) is 4.99 Å². The van der Waals surface area contributed by atoms with Crippen molar-refractivity contribution in [1.82, 2.24) is 5.32 Å². The summed E-state index contributed by atoms with van der Waals surface area (Å²) in [6.45, 7) is 6.39. The maximum Gasteiger partial charge on any atom is 0.0965 e. The predicted molar refractivity (Wildman–Crippen MR) is 71.6 cm³/mol. The second-order valence-electron chi connectivity index (χ2n) is 5.36. The highest BCUT2D eigenvalue weighted by atomic mass is 16.5. The number of hydrogen-bond acceptors (Lipinski definition) is 3. The standard InChI is InChI=1S/C14H26N2O/c1-3-14(4-2)11-12(8-10-17-14)16-13-7-5-6-9-15-13/h12H,3-11H2,1-2H3,(H,15,16). The van der Waals surface area contributed by atoms with E-state index in [0.29, 0.717) is 6.04 Å². The van der Waals surface area contributed by atoms with Gasteiger partial charge < -0.3 is 10.1 Å². The first-order valence-corrected chi connectivity index (χ1v) is 7.22. The molecule has 2 aliphatic rings. The molecule has 2 heterocycles. The van der Waals surface area contributed by atoms with Crippen LogP contribution >= 0.6 is 0 Å². The Morgan fingerprint density at radius 1 is 1.35 bits per heavy atom. The third-order valence-electron chi connectivity index (χ3n) is 4.28. The zero-order valence-electron chi connectivity index (χ0n) is 11.3. The van der Waals surface area contributed by atoms with Crippen molar-refractivity contribution in [3.8, 4) is 0 Å². The summed E-state index contributed by atoms with van der Waals surface area (Å²) in [7, 11) is 0. The Kier molecular flexibility index (Phi) is 4.43. The maximum absolute atomic E-state index is 6.00. The molecule has 2 rings (SSSR count). The van der Waals surface area contributed by atoms with Gasteiger partial charge in [-0.2, -0.15) is 0 Å². The van der Waals surface area contributed by atoms with E-state index in [-0.39, 0.29) is 5.60 Å². The molecule has 0 saturated carbocycles. The highest BCUT2D eigenvalue weighted by Crippen LogP contribution is 2.31. The quantitative estimate of drug-likeness (QED) is 0.820. The van der Waals surface area contributed by atoms with Gasteiger partial charge in [0.2, 0.25) is 0 Å². The van der Waals surface area contributed by atoms with E-state index in [1.54, 1.807) is 0 Å². The smallest absolute Gasteiger partial charge is 0.0965 e. The minimum Gasteiger partial charge on any atom is -0.375 e. The molecule has 1 unspecified atom stereocenters. The third kappa shape index (κ3) is 3.21. The van der Waals surface area contributed by atoms with E-state index in [1.165, 1.54) is 18.7 Å². The van der Waals surface area contributed by atoms with E-state index in [4.69, 9.17) is 4.74 Å². The van der Waals surface area contributed by atoms with E-state index in [9.17, 15) is 0 Å². The van der Waals surface area contributed by atoms with Crippen molar-refractivity contribution in [2.24, 2.45) is 4.99 Å². The topological polar surface area (TPSA) is 33.6 Å². The molecule has 1 atom stereocenters. The molecule has 0 radical (unpaired) electrons. The highest BCUT2D eigenvalue weighted by molar-refractivity contribution is 5.82. The average Bonchev–Trinajstić information content (AvgIpc) is 2.40. The molecule has 0 aromatic heterocycles. The second kappa shape index (κ2) is 5.85. The molecule has 0 bridgehead atoms. The van der Waals surface area contributed by atoms with Crippen LogP contribution < -0.4 is 5.32 Å². The fourth-order valence-corrected chi connectivity index (χ4v) is 2.94. The molecule has 0 aliphatic carbocycles. The first-order chi connectivity index (χ1) is 8.28. The van der Waals surface area contributed by atoms with Crippen LogP contribution in [0.4, 0.5) is 0 Å². The van der Waals surface area contributed by atoms with E-state index in [1.807, 2.05) is 0 Å². The molecule has 3 heteroatoms. The van der Waals surface area contributed by atoms with E-state index in [0.717, 1.165) is 45.3 Å². The van der Waals surface area contributed by atoms with Crippen LogP contribution in [-0.4, -0.2) is 30.6 Å². The number of aliphatic imine (C=N–C) groups is 1. The summed E-state index contributed by atoms with van der Waals surface area (Å²) in [4.78, 5) is 4.59. The van der Waals surface area contributed by atoms with E-state index < -0.39 is 0 Å². The number of ether oxygens (including phenoxy) is 1. The van der Waals surface area contributed by atoms with Crippen molar-refractivity contribution in [2.75, 3.05) is 13.2 Å². The number of amidine groups is 1. The van der Waals surface area contributed by atoms with Gasteiger partial charge in [-0.05, 0) is 38.5 Å². The first kappa shape index (κ1) is 12.9. The molecule has 0 aromatic carbocycles. The van der Waals surface area contributed by atoms with E-state index in [2.05, 4.69) is 24.2 Å². The summed E-state index contributed by atoms with van der Waals surface area (Å²) < 4.78 is 6.00. The third-order valence-corrected chi connectivity index (χ3v) is 4.28. The Hall–Kier alpha value is -0.570. The van der Waals surface area contributed by atoms with Gasteiger partial charge in [0.05, 0.1) is 11.4 Å². The Balaban J connectivity index is 1.90. The van der Waals surface area contributed by atoms with Crippen molar-refractivity contribution in [1.29, 1.82) is 0 Å². The SMILES string of the molecule is CCC1(CC)CC(NC2=NCCCC2)CCO1. The lowest BCUT2D eigenvalue weighted by Crippen LogP contribution is -2.48. The van der Waals surface area contributed by atoms with E-state index >= 15 is 0 Å². The molecule has 0 aromatic rings. The Morgan fingerprint density at radius 2 is 2.18 bits per heavy atom. The molecule has 0 amide bonds. The number of rotatable bonds is 3. The lowest BCUT2D eigenvalue weighted by Gasteiger charge is -2.40. The summed E-state index contributed by atoms with van der Waals surface area (Å²) in [5.41, 5.74) is 0.116. The number of nitrogens with one attached hydrogen (secondary N) is 1. The molecule has 1 fully saturated rings. The second-order valence-corrected chi connectivity index (χ2v) is 5.36. The summed E-state index contributed by atoms with van der Waals surface area (Å²) in [5, 5.41) is 3.65. The molecule has 1 saturated heterocycles.